The number of hydrogen-bond acceptors (Lipinski definition) is 3. The van der Waals surface area contributed by atoms with Crippen molar-refractivity contribution in [1.82, 2.24) is 19.7 Å². The molecular formula is C17H17FN4O2. The molecule has 0 saturated heterocycles. The van der Waals surface area contributed by atoms with Gasteiger partial charge in [0.25, 0.3) is 5.91 Å². The maximum Gasteiger partial charge on any atom is 0.256 e. The summed E-state index contributed by atoms with van der Waals surface area (Å²) in [6.45, 7) is 0.814. The average Bonchev–Trinajstić information content (AvgIpc) is 3.24. The fraction of sp³-hybridized carbons (Fsp3) is 0.176. The zero-order valence-electron chi connectivity index (χ0n) is 13.1. The second kappa shape index (κ2) is 7.10. The highest BCUT2D eigenvalue weighted by atomic mass is 19.1. The first kappa shape index (κ1) is 15.9. The Hall–Kier alpha value is -2.93. The van der Waals surface area contributed by atoms with E-state index in [-0.39, 0.29) is 11.7 Å². The number of hydrogen-bond donors (Lipinski definition) is 1. The number of nitrogens with one attached hydrogen (secondary N) is 1. The minimum atomic E-state index is -0.368. The van der Waals surface area contributed by atoms with Crippen molar-refractivity contribution in [2.75, 3.05) is 20.3 Å². The molecule has 0 radical (unpaired) electrons. The van der Waals surface area contributed by atoms with Crippen LogP contribution in [-0.4, -0.2) is 40.5 Å². The monoisotopic (exact) mass is 328 g/mol. The number of amides is 1. The number of rotatable bonds is 6. The fourth-order valence-electron chi connectivity index (χ4n) is 2.39. The maximum absolute atomic E-state index is 13.6. The van der Waals surface area contributed by atoms with E-state index in [1.807, 2.05) is 12.1 Å². The average molecular weight is 328 g/mol. The van der Waals surface area contributed by atoms with E-state index in [0.29, 0.717) is 30.2 Å². The molecule has 7 heteroatoms. The summed E-state index contributed by atoms with van der Waals surface area (Å²) in [4.78, 5) is 12.4. The summed E-state index contributed by atoms with van der Waals surface area (Å²) in [5.41, 5.74) is 0.932. The molecule has 1 N–H and O–H groups in total. The molecule has 0 fully saturated rings. The molecule has 3 rings (SSSR count). The molecule has 3 aromatic rings. The van der Waals surface area contributed by atoms with Gasteiger partial charge >= 0.3 is 0 Å². The summed E-state index contributed by atoms with van der Waals surface area (Å²) in [5, 5.41) is 7.04. The van der Waals surface area contributed by atoms with Gasteiger partial charge in [0.15, 0.2) is 5.82 Å². The third-order valence-corrected chi connectivity index (χ3v) is 3.48. The summed E-state index contributed by atoms with van der Waals surface area (Å²) < 4.78 is 21.8. The number of aromatic nitrogens is 3. The van der Waals surface area contributed by atoms with Crippen LogP contribution in [0.2, 0.25) is 0 Å². The van der Waals surface area contributed by atoms with Crippen LogP contribution in [0.5, 0.6) is 0 Å². The molecular weight excluding hydrogens is 311 g/mol. The lowest BCUT2D eigenvalue weighted by atomic mass is 10.2. The fourth-order valence-corrected chi connectivity index (χ4v) is 2.39. The maximum atomic E-state index is 13.6. The summed E-state index contributed by atoms with van der Waals surface area (Å²) >= 11 is 0. The molecule has 0 bridgehead atoms. The lowest BCUT2D eigenvalue weighted by Gasteiger charge is -2.11. The Balaban J connectivity index is 2.03. The van der Waals surface area contributed by atoms with Crippen molar-refractivity contribution in [1.29, 1.82) is 0 Å². The molecule has 0 saturated carbocycles. The molecule has 0 unspecified atom stereocenters. The van der Waals surface area contributed by atoms with Crippen molar-refractivity contribution in [2.24, 2.45) is 0 Å². The lowest BCUT2D eigenvalue weighted by Crippen LogP contribution is -2.27. The first-order chi connectivity index (χ1) is 11.7. The van der Waals surface area contributed by atoms with E-state index in [9.17, 15) is 9.18 Å². The molecule has 0 spiro atoms. The van der Waals surface area contributed by atoms with E-state index in [2.05, 4.69) is 10.4 Å². The van der Waals surface area contributed by atoms with Gasteiger partial charge in [-0.05, 0) is 30.3 Å². The molecule has 2 heterocycles. The minimum Gasteiger partial charge on any atom is -0.383 e. The van der Waals surface area contributed by atoms with Gasteiger partial charge in [0.2, 0.25) is 0 Å². The van der Waals surface area contributed by atoms with Crippen molar-refractivity contribution >= 4 is 5.91 Å². The molecule has 24 heavy (non-hydrogen) atoms. The molecule has 0 aliphatic rings. The van der Waals surface area contributed by atoms with Gasteiger partial charge in [0, 0.05) is 26.0 Å². The van der Waals surface area contributed by atoms with Gasteiger partial charge in [0.05, 0.1) is 18.5 Å². The van der Waals surface area contributed by atoms with Crippen molar-refractivity contribution in [2.45, 2.75) is 0 Å². The Labute approximate surface area is 138 Å². The van der Waals surface area contributed by atoms with E-state index < -0.39 is 0 Å². The van der Waals surface area contributed by atoms with Crippen LogP contribution in [0.3, 0.4) is 0 Å². The molecule has 0 aliphatic heterocycles. The standard InChI is InChI=1S/C17H17FN4O2/c1-24-10-7-19-16(23)15-12-20-22(14-6-4-5-13(18)11-14)17(15)21-8-2-3-9-21/h2-6,8-9,11-12H,7,10H2,1H3,(H,19,23). The molecule has 2 aromatic heterocycles. The third kappa shape index (κ3) is 3.21. The number of carbonyl (C=O) groups excluding carboxylic acids is 1. The van der Waals surface area contributed by atoms with Crippen molar-refractivity contribution in [3.8, 4) is 11.5 Å². The highest BCUT2D eigenvalue weighted by molar-refractivity contribution is 5.97. The predicted octanol–water partition coefficient (Wildman–Crippen LogP) is 2.18. The van der Waals surface area contributed by atoms with Gasteiger partial charge in [-0.2, -0.15) is 5.10 Å². The van der Waals surface area contributed by atoms with Crippen molar-refractivity contribution < 1.29 is 13.9 Å². The first-order valence-electron chi connectivity index (χ1n) is 7.45. The molecule has 1 amide bonds. The Morgan fingerprint density at radius 2 is 2.08 bits per heavy atom. The number of halogens is 1. The van der Waals surface area contributed by atoms with Gasteiger partial charge in [0.1, 0.15) is 11.4 Å². The van der Waals surface area contributed by atoms with Crippen LogP contribution in [0, 0.1) is 5.82 Å². The SMILES string of the molecule is COCCNC(=O)c1cnn(-c2cccc(F)c2)c1-n1cccc1. The van der Waals surface area contributed by atoms with Crippen molar-refractivity contribution in [3.63, 3.8) is 0 Å². The minimum absolute atomic E-state index is 0.265. The summed E-state index contributed by atoms with van der Waals surface area (Å²) in [6, 6.07) is 9.75. The third-order valence-electron chi connectivity index (χ3n) is 3.48. The number of methoxy groups -OCH3 is 1. The van der Waals surface area contributed by atoms with Crippen LogP contribution in [0.1, 0.15) is 10.4 Å². The molecule has 0 atom stereocenters. The van der Waals surface area contributed by atoms with Crippen LogP contribution in [-0.2, 0) is 4.74 Å². The van der Waals surface area contributed by atoms with E-state index in [1.54, 1.807) is 36.2 Å². The highest BCUT2D eigenvalue weighted by Gasteiger charge is 2.19. The summed E-state index contributed by atoms with van der Waals surface area (Å²) in [7, 11) is 1.57. The Kier molecular flexibility index (Phi) is 4.72. The van der Waals surface area contributed by atoms with Gasteiger partial charge in [-0.1, -0.05) is 6.07 Å². The number of benzene rings is 1. The van der Waals surface area contributed by atoms with Crippen LogP contribution in [0.15, 0.2) is 55.0 Å². The molecule has 6 nitrogen and oxygen atoms in total. The quantitative estimate of drug-likeness (QED) is 0.706. The second-order valence-corrected chi connectivity index (χ2v) is 5.11. The van der Waals surface area contributed by atoms with E-state index in [0.717, 1.165) is 0 Å². The molecule has 1 aromatic carbocycles. The topological polar surface area (TPSA) is 61.1 Å². The zero-order valence-corrected chi connectivity index (χ0v) is 13.1. The Morgan fingerprint density at radius 3 is 2.79 bits per heavy atom. The van der Waals surface area contributed by atoms with E-state index in [4.69, 9.17) is 4.74 Å². The van der Waals surface area contributed by atoms with Crippen LogP contribution in [0.25, 0.3) is 11.5 Å². The van der Waals surface area contributed by atoms with E-state index >= 15 is 0 Å². The normalized spacial score (nSPS) is 10.8. The Bertz CT molecular complexity index is 827. The molecule has 124 valence electrons. The van der Waals surface area contributed by atoms with Crippen molar-refractivity contribution in [3.05, 3.63) is 66.4 Å². The molecule has 0 aliphatic carbocycles. The number of nitrogens with zero attached hydrogens (tertiary/aromatic N) is 3. The Morgan fingerprint density at radius 1 is 1.29 bits per heavy atom. The van der Waals surface area contributed by atoms with Gasteiger partial charge in [-0.3, -0.25) is 4.79 Å². The highest BCUT2D eigenvalue weighted by Crippen LogP contribution is 2.20. The first-order valence-corrected chi connectivity index (χ1v) is 7.45. The zero-order chi connectivity index (χ0) is 16.9. The van der Waals surface area contributed by atoms with Gasteiger partial charge in [-0.15, -0.1) is 0 Å². The van der Waals surface area contributed by atoms with E-state index in [1.165, 1.54) is 23.0 Å². The van der Waals surface area contributed by atoms with Gasteiger partial charge < -0.3 is 14.6 Å². The number of carbonyl (C=O) groups is 1. The summed E-state index contributed by atoms with van der Waals surface area (Å²) in [6.07, 6.45) is 5.08. The smallest absolute Gasteiger partial charge is 0.256 e. The van der Waals surface area contributed by atoms with Crippen LogP contribution >= 0.6 is 0 Å². The summed E-state index contributed by atoms with van der Waals surface area (Å²) in [5.74, 6) is -0.0912. The largest absolute Gasteiger partial charge is 0.383 e. The van der Waals surface area contributed by atoms with Gasteiger partial charge in [-0.25, -0.2) is 9.07 Å². The lowest BCUT2D eigenvalue weighted by molar-refractivity contribution is 0.0937. The predicted molar refractivity (Wildman–Crippen MR) is 87.1 cm³/mol. The van der Waals surface area contributed by atoms with Crippen LogP contribution < -0.4 is 5.32 Å². The second-order valence-electron chi connectivity index (χ2n) is 5.11. The van der Waals surface area contributed by atoms with Crippen LogP contribution in [0.4, 0.5) is 4.39 Å². The number of ether oxygens (including phenoxy) is 1.